The van der Waals surface area contributed by atoms with Crippen LogP contribution in [0, 0.1) is 5.92 Å². The molecule has 2 amide bonds. The normalized spacial score (nSPS) is 18.8. The number of amides is 2. The molecular weight excluding hydrogens is 254 g/mol. The molecule has 0 bridgehead atoms. The number of carbonyl (C=O) groups excluding carboxylic acids is 2. The highest BCUT2D eigenvalue weighted by Crippen LogP contribution is 2.22. The third-order valence-electron chi connectivity index (χ3n) is 3.74. The van der Waals surface area contributed by atoms with Crippen molar-refractivity contribution in [2.45, 2.75) is 25.7 Å². The molecule has 1 aromatic rings. The second-order valence-corrected chi connectivity index (χ2v) is 5.39. The van der Waals surface area contributed by atoms with Crippen molar-refractivity contribution in [1.82, 2.24) is 4.90 Å². The minimum Gasteiger partial charge on any atom is -0.399 e. The lowest BCUT2D eigenvalue weighted by atomic mass is 9.93. The van der Waals surface area contributed by atoms with Gasteiger partial charge in [-0.2, -0.15) is 0 Å². The number of piperidine rings is 1. The fourth-order valence-electron chi connectivity index (χ4n) is 2.69. The first kappa shape index (κ1) is 14.4. The van der Waals surface area contributed by atoms with Crippen LogP contribution in [0.4, 0.5) is 5.69 Å². The van der Waals surface area contributed by atoms with Crippen LogP contribution in [-0.4, -0.2) is 29.8 Å². The van der Waals surface area contributed by atoms with Gasteiger partial charge in [0.25, 0.3) is 5.91 Å². The first-order valence-corrected chi connectivity index (χ1v) is 6.99. The molecule has 0 saturated carbocycles. The Bertz CT molecular complexity index is 502. The first-order valence-electron chi connectivity index (χ1n) is 6.99. The van der Waals surface area contributed by atoms with Gasteiger partial charge in [0.05, 0.1) is 0 Å². The van der Waals surface area contributed by atoms with Crippen LogP contribution in [0.3, 0.4) is 0 Å². The summed E-state index contributed by atoms with van der Waals surface area (Å²) >= 11 is 0. The van der Waals surface area contributed by atoms with Crippen molar-refractivity contribution in [2.75, 3.05) is 18.8 Å². The largest absolute Gasteiger partial charge is 0.399 e. The molecule has 5 nitrogen and oxygen atoms in total. The van der Waals surface area contributed by atoms with E-state index in [1.165, 1.54) is 0 Å². The van der Waals surface area contributed by atoms with Crippen molar-refractivity contribution in [3.63, 3.8) is 0 Å². The van der Waals surface area contributed by atoms with Crippen molar-refractivity contribution in [2.24, 2.45) is 11.7 Å². The summed E-state index contributed by atoms with van der Waals surface area (Å²) in [6.45, 7) is 1.46. The van der Waals surface area contributed by atoms with E-state index in [0.29, 0.717) is 30.1 Å². The Kier molecular flexibility index (Phi) is 4.61. The lowest BCUT2D eigenvalue weighted by Gasteiger charge is -2.32. The highest BCUT2D eigenvalue weighted by atomic mass is 16.2. The van der Waals surface area contributed by atoms with Crippen LogP contribution in [0.25, 0.3) is 0 Å². The smallest absolute Gasteiger partial charge is 0.253 e. The minimum absolute atomic E-state index is 0.0149. The monoisotopic (exact) mass is 275 g/mol. The number of nitrogens with zero attached hydrogens (tertiary/aromatic N) is 1. The average Bonchev–Trinajstić information content (AvgIpc) is 2.44. The number of likely N-dealkylation sites (tertiary alicyclic amines) is 1. The van der Waals surface area contributed by atoms with Gasteiger partial charge in [-0.15, -0.1) is 0 Å². The number of benzene rings is 1. The maximum Gasteiger partial charge on any atom is 0.253 e. The zero-order valence-corrected chi connectivity index (χ0v) is 11.5. The number of primary amides is 1. The van der Waals surface area contributed by atoms with E-state index in [0.717, 1.165) is 25.8 Å². The van der Waals surface area contributed by atoms with Gasteiger partial charge in [-0.3, -0.25) is 9.59 Å². The Morgan fingerprint density at radius 3 is 2.85 bits per heavy atom. The predicted molar refractivity (Wildman–Crippen MR) is 77.9 cm³/mol. The molecule has 0 aromatic heterocycles. The quantitative estimate of drug-likeness (QED) is 0.814. The summed E-state index contributed by atoms with van der Waals surface area (Å²) in [6.07, 6.45) is 3.17. The fraction of sp³-hybridized carbons (Fsp3) is 0.467. The van der Waals surface area contributed by atoms with Crippen LogP contribution in [0.15, 0.2) is 24.3 Å². The second kappa shape index (κ2) is 6.41. The number of carbonyl (C=O) groups is 2. The lowest BCUT2D eigenvalue weighted by molar-refractivity contribution is -0.118. The number of hydrogen-bond donors (Lipinski definition) is 2. The van der Waals surface area contributed by atoms with Crippen molar-refractivity contribution in [1.29, 1.82) is 0 Å². The zero-order chi connectivity index (χ0) is 14.5. The molecule has 4 N–H and O–H groups in total. The van der Waals surface area contributed by atoms with E-state index < -0.39 is 0 Å². The summed E-state index contributed by atoms with van der Waals surface area (Å²) in [5, 5.41) is 0. The number of anilines is 1. The lowest BCUT2D eigenvalue weighted by Crippen LogP contribution is -2.40. The number of nitrogens with two attached hydrogens (primary N) is 2. The Morgan fingerprint density at radius 1 is 1.35 bits per heavy atom. The van der Waals surface area contributed by atoms with Gasteiger partial charge in [-0.05, 0) is 43.4 Å². The summed E-state index contributed by atoms with van der Waals surface area (Å²) in [5.74, 6) is 0.103. The van der Waals surface area contributed by atoms with E-state index >= 15 is 0 Å². The Balaban J connectivity index is 1.98. The zero-order valence-electron chi connectivity index (χ0n) is 11.5. The van der Waals surface area contributed by atoms with E-state index in [4.69, 9.17) is 11.5 Å². The van der Waals surface area contributed by atoms with Gasteiger partial charge in [-0.1, -0.05) is 6.07 Å². The summed E-state index contributed by atoms with van der Waals surface area (Å²) in [5.41, 5.74) is 12.1. The number of hydrogen-bond acceptors (Lipinski definition) is 3. The Morgan fingerprint density at radius 2 is 2.15 bits per heavy atom. The van der Waals surface area contributed by atoms with Crippen LogP contribution in [0.1, 0.15) is 36.0 Å². The SMILES string of the molecule is NC(=O)CCC1CCCN(C(=O)c2cccc(N)c2)C1. The maximum atomic E-state index is 12.4. The molecule has 1 saturated heterocycles. The molecule has 1 heterocycles. The Hall–Kier alpha value is -2.04. The molecule has 0 spiro atoms. The Labute approximate surface area is 118 Å². The maximum absolute atomic E-state index is 12.4. The molecule has 1 aromatic carbocycles. The first-order chi connectivity index (χ1) is 9.56. The molecule has 0 aliphatic carbocycles. The summed E-state index contributed by atoms with van der Waals surface area (Å²) in [7, 11) is 0. The van der Waals surface area contributed by atoms with Crippen LogP contribution in [0.2, 0.25) is 0 Å². The molecule has 20 heavy (non-hydrogen) atoms. The van der Waals surface area contributed by atoms with Gasteiger partial charge >= 0.3 is 0 Å². The number of rotatable bonds is 4. The van der Waals surface area contributed by atoms with Gasteiger partial charge in [0.2, 0.25) is 5.91 Å². The van der Waals surface area contributed by atoms with E-state index in [2.05, 4.69) is 0 Å². The summed E-state index contributed by atoms with van der Waals surface area (Å²) in [4.78, 5) is 25.1. The van der Waals surface area contributed by atoms with Gasteiger partial charge in [0.15, 0.2) is 0 Å². The van der Waals surface area contributed by atoms with E-state index in [-0.39, 0.29) is 11.8 Å². The van der Waals surface area contributed by atoms with Crippen LogP contribution in [-0.2, 0) is 4.79 Å². The molecule has 108 valence electrons. The van der Waals surface area contributed by atoms with Gasteiger partial charge in [0, 0.05) is 30.8 Å². The molecule has 5 heteroatoms. The third-order valence-corrected chi connectivity index (χ3v) is 3.74. The summed E-state index contributed by atoms with van der Waals surface area (Å²) < 4.78 is 0. The predicted octanol–water partition coefficient (Wildman–Crippen LogP) is 1.39. The molecule has 1 atom stereocenters. The average molecular weight is 275 g/mol. The van der Waals surface area contributed by atoms with Gasteiger partial charge < -0.3 is 16.4 Å². The molecule has 2 rings (SSSR count). The molecule has 1 unspecified atom stereocenters. The molecule has 1 aliphatic heterocycles. The van der Waals surface area contributed by atoms with E-state index in [1.54, 1.807) is 24.3 Å². The molecule has 1 fully saturated rings. The van der Waals surface area contributed by atoms with Crippen LogP contribution in [0.5, 0.6) is 0 Å². The highest BCUT2D eigenvalue weighted by Gasteiger charge is 2.24. The standard InChI is InChI=1S/C15H21N3O2/c16-13-5-1-4-12(9-13)15(20)18-8-2-3-11(10-18)6-7-14(17)19/h1,4-5,9,11H,2-3,6-8,10,16H2,(H2,17,19). The van der Waals surface area contributed by atoms with Crippen molar-refractivity contribution < 1.29 is 9.59 Å². The third kappa shape index (κ3) is 3.73. The summed E-state index contributed by atoms with van der Waals surface area (Å²) in [6, 6.07) is 7.04. The second-order valence-electron chi connectivity index (χ2n) is 5.39. The van der Waals surface area contributed by atoms with Gasteiger partial charge in [-0.25, -0.2) is 0 Å². The topological polar surface area (TPSA) is 89.4 Å². The van der Waals surface area contributed by atoms with Crippen molar-refractivity contribution in [3.05, 3.63) is 29.8 Å². The highest BCUT2D eigenvalue weighted by molar-refractivity contribution is 5.95. The van der Waals surface area contributed by atoms with Crippen molar-refractivity contribution >= 4 is 17.5 Å². The minimum atomic E-state index is -0.274. The van der Waals surface area contributed by atoms with Crippen molar-refractivity contribution in [3.8, 4) is 0 Å². The number of nitrogen functional groups attached to an aromatic ring is 1. The van der Waals surface area contributed by atoms with Gasteiger partial charge in [0.1, 0.15) is 0 Å². The van der Waals surface area contributed by atoms with E-state index in [1.807, 2.05) is 4.90 Å². The van der Waals surface area contributed by atoms with E-state index in [9.17, 15) is 9.59 Å². The van der Waals surface area contributed by atoms with Crippen LogP contribution < -0.4 is 11.5 Å². The molecule has 1 aliphatic rings. The molecular formula is C15H21N3O2. The van der Waals surface area contributed by atoms with Crippen LogP contribution >= 0.6 is 0 Å². The molecule has 0 radical (unpaired) electrons. The fourth-order valence-corrected chi connectivity index (χ4v) is 2.69.